The van der Waals surface area contributed by atoms with E-state index >= 15 is 0 Å². The molecule has 1 amide bonds. The van der Waals surface area contributed by atoms with Crippen LogP contribution in [0.1, 0.15) is 49.5 Å². The third kappa shape index (κ3) is 5.21. The lowest BCUT2D eigenvalue weighted by Crippen LogP contribution is -2.48. The maximum atomic E-state index is 12.3. The van der Waals surface area contributed by atoms with Crippen molar-refractivity contribution in [1.82, 2.24) is 10.2 Å². The number of morpholine rings is 1. The highest BCUT2D eigenvalue weighted by molar-refractivity contribution is 5.96. The fourth-order valence-electron chi connectivity index (χ4n) is 2.99. The summed E-state index contributed by atoms with van der Waals surface area (Å²) in [5.74, 6) is 0.711. The standard InChI is InChI=1S/C19H30N2O3/c1-13(2)11-21-7-8-24-16(12-21)10-20-19(23)17-6-5-15(14(3)4)9-18(17)22/h5-6,9,13-14,16,22H,7-8,10-12H2,1-4H3,(H,20,23). The number of carbonyl (C=O) groups excluding carboxylic acids is 1. The van der Waals surface area contributed by atoms with E-state index in [0.717, 1.165) is 25.2 Å². The molecule has 1 saturated heterocycles. The van der Waals surface area contributed by atoms with Crippen molar-refractivity contribution in [3.05, 3.63) is 29.3 Å². The summed E-state index contributed by atoms with van der Waals surface area (Å²) < 4.78 is 5.74. The summed E-state index contributed by atoms with van der Waals surface area (Å²) in [4.78, 5) is 14.7. The molecule has 2 rings (SSSR count). The molecule has 1 aliphatic rings. The molecule has 5 nitrogen and oxygen atoms in total. The topological polar surface area (TPSA) is 61.8 Å². The van der Waals surface area contributed by atoms with Crippen LogP contribution in [0.5, 0.6) is 5.75 Å². The zero-order valence-electron chi connectivity index (χ0n) is 15.2. The Labute approximate surface area is 145 Å². The van der Waals surface area contributed by atoms with Gasteiger partial charge in [-0.3, -0.25) is 9.69 Å². The van der Waals surface area contributed by atoms with E-state index in [2.05, 4.69) is 37.9 Å². The number of amides is 1. The number of phenols is 1. The quantitative estimate of drug-likeness (QED) is 0.839. The van der Waals surface area contributed by atoms with Crippen LogP contribution in [0.4, 0.5) is 0 Å². The Hall–Kier alpha value is -1.59. The monoisotopic (exact) mass is 334 g/mol. The fraction of sp³-hybridized carbons (Fsp3) is 0.632. The molecule has 0 aromatic heterocycles. The number of phenolic OH excluding ortho intramolecular Hbond substituents is 1. The lowest BCUT2D eigenvalue weighted by atomic mass is 10.0. The molecule has 5 heteroatoms. The van der Waals surface area contributed by atoms with Gasteiger partial charge in [0.25, 0.3) is 5.91 Å². The summed E-state index contributed by atoms with van der Waals surface area (Å²) >= 11 is 0. The molecule has 24 heavy (non-hydrogen) atoms. The Kier molecular flexibility index (Phi) is 6.63. The first-order valence-electron chi connectivity index (χ1n) is 8.82. The van der Waals surface area contributed by atoms with Gasteiger partial charge < -0.3 is 15.2 Å². The van der Waals surface area contributed by atoms with E-state index in [4.69, 9.17) is 4.74 Å². The Morgan fingerprint density at radius 1 is 1.38 bits per heavy atom. The van der Waals surface area contributed by atoms with E-state index in [9.17, 15) is 9.90 Å². The van der Waals surface area contributed by atoms with Crippen LogP contribution < -0.4 is 5.32 Å². The van der Waals surface area contributed by atoms with Gasteiger partial charge >= 0.3 is 0 Å². The summed E-state index contributed by atoms with van der Waals surface area (Å²) in [7, 11) is 0. The lowest BCUT2D eigenvalue weighted by molar-refractivity contribution is -0.0295. The zero-order valence-corrected chi connectivity index (χ0v) is 15.2. The Bertz CT molecular complexity index is 558. The number of rotatable bonds is 6. The maximum absolute atomic E-state index is 12.3. The highest BCUT2D eigenvalue weighted by Crippen LogP contribution is 2.23. The lowest BCUT2D eigenvalue weighted by Gasteiger charge is -2.34. The van der Waals surface area contributed by atoms with Crippen molar-refractivity contribution in [2.24, 2.45) is 5.92 Å². The van der Waals surface area contributed by atoms with Crippen molar-refractivity contribution < 1.29 is 14.6 Å². The van der Waals surface area contributed by atoms with Crippen LogP contribution in [-0.2, 0) is 4.74 Å². The van der Waals surface area contributed by atoms with Crippen molar-refractivity contribution >= 4 is 5.91 Å². The van der Waals surface area contributed by atoms with Crippen molar-refractivity contribution in [2.45, 2.75) is 39.7 Å². The Balaban J connectivity index is 1.88. The molecule has 1 aliphatic heterocycles. The highest BCUT2D eigenvalue weighted by Gasteiger charge is 2.22. The number of hydrogen-bond acceptors (Lipinski definition) is 4. The molecule has 1 fully saturated rings. The van der Waals surface area contributed by atoms with Gasteiger partial charge in [0.15, 0.2) is 0 Å². The van der Waals surface area contributed by atoms with Crippen LogP contribution in [0.15, 0.2) is 18.2 Å². The van der Waals surface area contributed by atoms with Gasteiger partial charge in [0.1, 0.15) is 5.75 Å². The van der Waals surface area contributed by atoms with Gasteiger partial charge in [0.2, 0.25) is 0 Å². The number of ether oxygens (including phenoxy) is 1. The second kappa shape index (κ2) is 8.49. The first kappa shape index (κ1) is 18.7. The summed E-state index contributed by atoms with van der Waals surface area (Å²) in [5, 5.41) is 13.0. The van der Waals surface area contributed by atoms with Gasteiger partial charge in [-0.05, 0) is 29.5 Å². The van der Waals surface area contributed by atoms with Gasteiger partial charge in [-0.25, -0.2) is 0 Å². The molecular formula is C19H30N2O3. The molecule has 0 spiro atoms. The molecule has 0 bridgehead atoms. The minimum absolute atomic E-state index is 0.00136. The average Bonchev–Trinajstić information content (AvgIpc) is 2.52. The summed E-state index contributed by atoms with van der Waals surface area (Å²) in [6.45, 7) is 12.5. The van der Waals surface area contributed by atoms with Crippen LogP contribution in [0.2, 0.25) is 0 Å². The van der Waals surface area contributed by atoms with Gasteiger partial charge in [0.05, 0.1) is 18.3 Å². The van der Waals surface area contributed by atoms with Crippen molar-refractivity contribution in [3.8, 4) is 5.75 Å². The molecule has 1 aromatic rings. The number of aromatic hydroxyl groups is 1. The number of nitrogens with zero attached hydrogens (tertiary/aromatic N) is 1. The SMILES string of the molecule is CC(C)CN1CCOC(CNC(=O)c2ccc(C(C)C)cc2O)C1. The number of benzene rings is 1. The number of nitrogens with one attached hydrogen (secondary N) is 1. The first-order chi connectivity index (χ1) is 11.4. The van der Waals surface area contributed by atoms with E-state index < -0.39 is 0 Å². The zero-order chi connectivity index (χ0) is 17.7. The molecule has 1 aromatic carbocycles. The van der Waals surface area contributed by atoms with E-state index in [-0.39, 0.29) is 17.8 Å². The van der Waals surface area contributed by atoms with Crippen LogP contribution in [-0.4, -0.2) is 54.8 Å². The number of carbonyl (C=O) groups is 1. The molecule has 0 saturated carbocycles. The predicted octanol–water partition coefficient (Wildman–Crippen LogP) is 2.60. The third-order valence-corrected chi connectivity index (χ3v) is 4.27. The van der Waals surface area contributed by atoms with Crippen LogP contribution in [0, 0.1) is 5.92 Å². The summed E-state index contributed by atoms with van der Waals surface area (Å²) in [6, 6.07) is 5.24. The van der Waals surface area contributed by atoms with Gasteiger partial charge in [-0.2, -0.15) is 0 Å². The minimum Gasteiger partial charge on any atom is -0.507 e. The van der Waals surface area contributed by atoms with E-state index in [1.807, 2.05) is 6.07 Å². The van der Waals surface area contributed by atoms with Gasteiger partial charge in [0, 0.05) is 26.2 Å². The van der Waals surface area contributed by atoms with Crippen molar-refractivity contribution in [2.75, 3.05) is 32.8 Å². The summed E-state index contributed by atoms with van der Waals surface area (Å²) in [5.41, 5.74) is 1.33. The predicted molar refractivity (Wildman–Crippen MR) is 95.5 cm³/mol. The molecular weight excluding hydrogens is 304 g/mol. The largest absolute Gasteiger partial charge is 0.507 e. The van der Waals surface area contributed by atoms with Gasteiger partial charge in [-0.15, -0.1) is 0 Å². The maximum Gasteiger partial charge on any atom is 0.255 e. The average molecular weight is 334 g/mol. The van der Waals surface area contributed by atoms with Crippen molar-refractivity contribution in [1.29, 1.82) is 0 Å². The van der Waals surface area contributed by atoms with E-state index in [1.54, 1.807) is 12.1 Å². The number of hydrogen-bond donors (Lipinski definition) is 2. The second-order valence-electron chi connectivity index (χ2n) is 7.29. The molecule has 134 valence electrons. The molecule has 1 heterocycles. The second-order valence-corrected chi connectivity index (χ2v) is 7.29. The van der Waals surface area contributed by atoms with Crippen LogP contribution in [0.3, 0.4) is 0 Å². The van der Waals surface area contributed by atoms with Crippen LogP contribution >= 0.6 is 0 Å². The van der Waals surface area contributed by atoms with Crippen LogP contribution in [0.25, 0.3) is 0 Å². The first-order valence-corrected chi connectivity index (χ1v) is 8.82. The van der Waals surface area contributed by atoms with Gasteiger partial charge in [-0.1, -0.05) is 33.8 Å². The molecule has 0 radical (unpaired) electrons. The normalized spacial score (nSPS) is 19.0. The molecule has 1 unspecified atom stereocenters. The minimum atomic E-state index is -0.257. The fourth-order valence-corrected chi connectivity index (χ4v) is 2.99. The molecule has 2 N–H and O–H groups in total. The molecule has 0 aliphatic carbocycles. The van der Waals surface area contributed by atoms with E-state index in [0.29, 0.717) is 30.6 Å². The summed E-state index contributed by atoms with van der Waals surface area (Å²) in [6.07, 6.45) is -0.00136. The third-order valence-electron chi connectivity index (χ3n) is 4.27. The van der Waals surface area contributed by atoms with Crippen molar-refractivity contribution in [3.63, 3.8) is 0 Å². The highest BCUT2D eigenvalue weighted by atomic mass is 16.5. The smallest absolute Gasteiger partial charge is 0.255 e. The Morgan fingerprint density at radius 3 is 2.75 bits per heavy atom. The Morgan fingerprint density at radius 2 is 2.12 bits per heavy atom. The molecule has 1 atom stereocenters. The van der Waals surface area contributed by atoms with E-state index in [1.165, 1.54) is 0 Å².